The molecule has 5 heteroatoms. The molecule has 0 spiro atoms. The van der Waals surface area contributed by atoms with Crippen LogP contribution in [0.2, 0.25) is 0 Å². The van der Waals surface area contributed by atoms with Gasteiger partial charge in [0.2, 0.25) is 5.91 Å². The molecule has 1 saturated carbocycles. The van der Waals surface area contributed by atoms with Crippen LogP contribution in [0, 0.1) is 19.8 Å². The van der Waals surface area contributed by atoms with Crippen LogP contribution in [0.4, 0.5) is 0 Å². The van der Waals surface area contributed by atoms with E-state index in [1.54, 1.807) is 0 Å². The van der Waals surface area contributed by atoms with Crippen LogP contribution >= 0.6 is 0 Å². The lowest BCUT2D eigenvalue weighted by atomic mass is 9.92. The minimum atomic E-state index is -0.173. The summed E-state index contributed by atoms with van der Waals surface area (Å²) < 4.78 is 11.1. The number of carbonyl (C=O) groups is 1. The molecule has 122 valence electrons. The molecule has 1 aliphatic heterocycles. The minimum absolute atomic E-state index is 0.0957. The second-order valence-corrected chi connectivity index (χ2v) is 6.68. The molecular formula is C17H26N2O3. The van der Waals surface area contributed by atoms with Crippen molar-refractivity contribution in [2.24, 2.45) is 5.92 Å². The second kappa shape index (κ2) is 6.41. The van der Waals surface area contributed by atoms with E-state index >= 15 is 0 Å². The van der Waals surface area contributed by atoms with E-state index in [1.165, 1.54) is 12.8 Å². The van der Waals surface area contributed by atoms with Crippen molar-refractivity contribution >= 4 is 5.91 Å². The van der Waals surface area contributed by atoms with Gasteiger partial charge in [0.15, 0.2) is 0 Å². The molecule has 1 N–H and O–H groups in total. The predicted octanol–water partition coefficient (Wildman–Crippen LogP) is 2.86. The summed E-state index contributed by atoms with van der Waals surface area (Å²) in [5.74, 6) is 1.40. The van der Waals surface area contributed by atoms with Crippen molar-refractivity contribution in [3.05, 3.63) is 17.0 Å². The minimum Gasteiger partial charge on any atom is -0.378 e. The zero-order valence-electron chi connectivity index (χ0n) is 13.7. The highest BCUT2D eigenvalue weighted by Gasteiger charge is 2.37. The number of rotatable bonds is 5. The van der Waals surface area contributed by atoms with Crippen LogP contribution in [-0.2, 0) is 9.53 Å². The van der Waals surface area contributed by atoms with Crippen molar-refractivity contribution in [2.45, 2.75) is 70.9 Å². The first-order valence-corrected chi connectivity index (χ1v) is 8.44. The van der Waals surface area contributed by atoms with Gasteiger partial charge in [-0.05, 0) is 51.9 Å². The van der Waals surface area contributed by atoms with E-state index in [0.29, 0.717) is 6.10 Å². The Morgan fingerprint density at radius 3 is 2.73 bits per heavy atom. The molecule has 3 rings (SSSR count). The monoisotopic (exact) mass is 306 g/mol. The molecule has 1 aliphatic carbocycles. The molecule has 1 amide bonds. The number of amides is 1. The Morgan fingerprint density at radius 1 is 1.36 bits per heavy atom. The zero-order chi connectivity index (χ0) is 15.7. The highest BCUT2D eigenvalue weighted by atomic mass is 16.5. The molecule has 1 aromatic rings. The van der Waals surface area contributed by atoms with E-state index in [-0.39, 0.29) is 17.9 Å². The fraction of sp³-hybridized carbons (Fsp3) is 0.765. The molecule has 0 bridgehead atoms. The average molecular weight is 306 g/mol. The van der Waals surface area contributed by atoms with E-state index in [0.717, 1.165) is 48.8 Å². The average Bonchev–Trinajstić information content (AvgIpc) is 3.30. The van der Waals surface area contributed by atoms with Crippen LogP contribution in [0.5, 0.6) is 0 Å². The summed E-state index contributed by atoms with van der Waals surface area (Å²) in [4.78, 5) is 12.7. The SMILES string of the molecule is CC[C@H](C(=O)N[C@H]1CCO[C@H](C2CC2)C1)c1c(C)noc1C. The van der Waals surface area contributed by atoms with Gasteiger partial charge in [0.05, 0.1) is 17.7 Å². The third-order valence-electron chi connectivity index (χ3n) is 4.97. The van der Waals surface area contributed by atoms with Crippen LogP contribution < -0.4 is 5.32 Å². The Bertz CT molecular complexity index is 517. The van der Waals surface area contributed by atoms with Crippen molar-refractivity contribution in [2.75, 3.05) is 6.61 Å². The number of ether oxygens (including phenoxy) is 1. The lowest BCUT2D eigenvalue weighted by molar-refractivity contribution is -0.124. The molecule has 0 aromatic carbocycles. The summed E-state index contributed by atoms with van der Waals surface area (Å²) in [5, 5.41) is 7.22. The van der Waals surface area contributed by atoms with Crippen molar-refractivity contribution < 1.29 is 14.1 Å². The maximum Gasteiger partial charge on any atom is 0.227 e. The summed E-state index contributed by atoms with van der Waals surface area (Å²) in [5.41, 5.74) is 1.77. The number of aryl methyl sites for hydroxylation is 2. The van der Waals surface area contributed by atoms with E-state index in [2.05, 4.69) is 10.5 Å². The molecule has 0 radical (unpaired) electrons. The van der Waals surface area contributed by atoms with Crippen molar-refractivity contribution in [1.29, 1.82) is 0 Å². The highest BCUT2D eigenvalue weighted by Crippen LogP contribution is 2.38. The van der Waals surface area contributed by atoms with Crippen LogP contribution in [0.15, 0.2) is 4.52 Å². The smallest absolute Gasteiger partial charge is 0.227 e. The number of hydrogen-bond donors (Lipinski definition) is 1. The van der Waals surface area contributed by atoms with Crippen LogP contribution in [0.1, 0.15) is 62.0 Å². The zero-order valence-corrected chi connectivity index (χ0v) is 13.7. The topological polar surface area (TPSA) is 64.4 Å². The van der Waals surface area contributed by atoms with Crippen molar-refractivity contribution in [3.8, 4) is 0 Å². The van der Waals surface area contributed by atoms with E-state index in [4.69, 9.17) is 9.26 Å². The predicted molar refractivity (Wildman–Crippen MR) is 82.6 cm³/mol. The van der Waals surface area contributed by atoms with Crippen LogP contribution in [-0.4, -0.2) is 29.8 Å². The van der Waals surface area contributed by atoms with Crippen molar-refractivity contribution in [3.63, 3.8) is 0 Å². The second-order valence-electron chi connectivity index (χ2n) is 6.68. The Kier molecular flexibility index (Phi) is 4.52. The number of nitrogens with one attached hydrogen (secondary N) is 1. The van der Waals surface area contributed by atoms with Gasteiger partial charge >= 0.3 is 0 Å². The van der Waals surface area contributed by atoms with Gasteiger partial charge in [-0.2, -0.15) is 0 Å². The van der Waals surface area contributed by atoms with Gasteiger partial charge in [0, 0.05) is 18.2 Å². The molecule has 22 heavy (non-hydrogen) atoms. The van der Waals surface area contributed by atoms with Gasteiger partial charge in [-0.15, -0.1) is 0 Å². The number of nitrogens with zero attached hydrogens (tertiary/aromatic N) is 1. The maximum atomic E-state index is 12.7. The van der Waals surface area contributed by atoms with E-state index in [1.807, 2.05) is 20.8 Å². The molecule has 1 aromatic heterocycles. The first kappa shape index (κ1) is 15.5. The summed E-state index contributed by atoms with van der Waals surface area (Å²) in [7, 11) is 0. The van der Waals surface area contributed by atoms with Gasteiger partial charge in [-0.1, -0.05) is 12.1 Å². The van der Waals surface area contributed by atoms with Crippen molar-refractivity contribution in [1.82, 2.24) is 10.5 Å². The molecule has 5 nitrogen and oxygen atoms in total. The van der Waals surface area contributed by atoms with Crippen LogP contribution in [0.3, 0.4) is 0 Å². The maximum absolute atomic E-state index is 12.7. The third-order valence-corrected chi connectivity index (χ3v) is 4.97. The van der Waals surface area contributed by atoms with Gasteiger partial charge in [0.1, 0.15) is 5.76 Å². The lowest BCUT2D eigenvalue weighted by Gasteiger charge is -2.31. The molecule has 2 aliphatic rings. The van der Waals surface area contributed by atoms with Gasteiger partial charge < -0.3 is 14.6 Å². The van der Waals surface area contributed by atoms with E-state index in [9.17, 15) is 4.79 Å². The highest BCUT2D eigenvalue weighted by molar-refractivity contribution is 5.84. The fourth-order valence-electron chi connectivity index (χ4n) is 3.57. The molecule has 2 heterocycles. The number of hydrogen-bond acceptors (Lipinski definition) is 4. The van der Waals surface area contributed by atoms with Gasteiger partial charge in [-0.3, -0.25) is 4.79 Å². The summed E-state index contributed by atoms with van der Waals surface area (Å²) in [6.45, 7) is 6.57. The third kappa shape index (κ3) is 3.19. The Labute approximate surface area is 131 Å². The quantitative estimate of drug-likeness (QED) is 0.908. The standard InChI is InChI=1S/C17H26N2O3/c1-4-14(16-10(2)19-22-11(16)3)17(20)18-13-7-8-21-15(9-13)12-5-6-12/h12-15H,4-9H2,1-3H3,(H,18,20)/t13-,14-,15-/m0/s1. The first-order chi connectivity index (χ1) is 10.6. The summed E-state index contributed by atoms with van der Waals surface area (Å²) in [6, 6.07) is 0.237. The molecule has 3 atom stereocenters. The van der Waals surface area contributed by atoms with E-state index < -0.39 is 0 Å². The van der Waals surface area contributed by atoms with Crippen LogP contribution in [0.25, 0.3) is 0 Å². The normalized spacial score (nSPS) is 26.7. The molecule has 1 saturated heterocycles. The fourth-order valence-corrected chi connectivity index (χ4v) is 3.57. The first-order valence-electron chi connectivity index (χ1n) is 8.44. The van der Waals surface area contributed by atoms with Gasteiger partial charge in [0.25, 0.3) is 0 Å². The number of carbonyl (C=O) groups excluding carboxylic acids is 1. The Hall–Kier alpha value is -1.36. The largest absolute Gasteiger partial charge is 0.378 e. The Balaban J connectivity index is 1.64. The number of aromatic nitrogens is 1. The van der Waals surface area contributed by atoms with Gasteiger partial charge in [-0.25, -0.2) is 0 Å². The lowest BCUT2D eigenvalue weighted by Crippen LogP contribution is -2.44. The summed E-state index contributed by atoms with van der Waals surface area (Å²) in [6.07, 6.45) is 5.52. The molecule has 2 fully saturated rings. The summed E-state index contributed by atoms with van der Waals surface area (Å²) >= 11 is 0. The molecular weight excluding hydrogens is 280 g/mol. The molecule has 0 unspecified atom stereocenters. The Morgan fingerprint density at radius 2 is 2.14 bits per heavy atom.